The fourth-order valence-corrected chi connectivity index (χ4v) is 3.08. The van der Waals surface area contributed by atoms with Gasteiger partial charge < -0.3 is 24.1 Å². The van der Waals surface area contributed by atoms with E-state index in [9.17, 15) is 13.6 Å². The molecule has 9 heteroatoms. The van der Waals surface area contributed by atoms with Crippen molar-refractivity contribution < 1.29 is 32.3 Å². The molecule has 2 aromatic carbocycles. The van der Waals surface area contributed by atoms with Crippen LogP contribution < -0.4 is 19.5 Å². The monoisotopic (exact) mass is 446 g/mol. The Morgan fingerprint density at radius 2 is 1.97 bits per heavy atom. The number of rotatable bonds is 10. The average molecular weight is 446 g/mol. The number of nitrogens with one attached hydrogen (secondary N) is 1. The fraction of sp³-hybridized carbons (Fsp3) is 0.304. The molecule has 0 aliphatic rings. The molecule has 1 aromatic heterocycles. The first-order chi connectivity index (χ1) is 15.4. The molecule has 0 aliphatic carbocycles. The zero-order valence-corrected chi connectivity index (χ0v) is 18.0. The molecule has 0 unspecified atom stereocenters. The number of carbonyl (C=O) groups is 1. The van der Waals surface area contributed by atoms with Crippen molar-refractivity contribution >= 4 is 5.91 Å². The van der Waals surface area contributed by atoms with Crippen molar-refractivity contribution in [2.45, 2.75) is 33.5 Å². The summed E-state index contributed by atoms with van der Waals surface area (Å²) in [4.78, 5) is 12.5. The molecule has 0 saturated carbocycles. The highest BCUT2D eigenvalue weighted by molar-refractivity contribution is 5.94. The maximum atomic E-state index is 12.6. The summed E-state index contributed by atoms with van der Waals surface area (Å²) in [6, 6.07) is 11.6. The maximum Gasteiger partial charge on any atom is 0.387 e. The number of benzene rings is 2. The molecule has 1 N–H and O–H groups in total. The zero-order chi connectivity index (χ0) is 23.1. The van der Waals surface area contributed by atoms with E-state index in [0.29, 0.717) is 30.0 Å². The summed E-state index contributed by atoms with van der Waals surface area (Å²) >= 11 is 0. The summed E-state index contributed by atoms with van der Waals surface area (Å²) in [5.41, 5.74) is 2.79. The van der Waals surface area contributed by atoms with Crippen molar-refractivity contribution in [1.29, 1.82) is 0 Å². The van der Waals surface area contributed by atoms with Gasteiger partial charge >= 0.3 is 6.61 Å². The SMILES string of the molecule is COc1ccc(CCNC(=O)c2cccc(OCc3c(C)noc3C)c2)cc1OC(F)F. The number of methoxy groups -OCH3 is 1. The molecular formula is C23H24F2N2O5. The highest BCUT2D eigenvalue weighted by Crippen LogP contribution is 2.29. The van der Waals surface area contributed by atoms with Gasteiger partial charge in [-0.05, 0) is 56.2 Å². The zero-order valence-electron chi connectivity index (χ0n) is 18.0. The van der Waals surface area contributed by atoms with Gasteiger partial charge in [-0.3, -0.25) is 4.79 Å². The van der Waals surface area contributed by atoms with Crippen molar-refractivity contribution in [1.82, 2.24) is 10.5 Å². The van der Waals surface area contributed by atoms with E-state index in [1.807, 2.05) is 13.8 Å². The summed E-state index contributed by atoms with van der Waals surface area (Å²) in [5, 5.41) is 6.70. The number of aromatic nitrogens is 1. The van der Waals surface area contributed by atoms with E-state index < -0.39 is 6.61 Å². The van der Waals surface area contributed by atoms with Crippen LogP contribution in [0.2, 0.25) is 0 Å². The predicted octanol–water partition coefficient (Wildman–Crippen LogP) is 4.45. The second-order valence-corrected chi connectivity index (χ2v) is 6.99. The number of halogens is 2. The van der Waals surface area contributed by atoms with Gasteiger partial charge in [0.1, 0.15) is 18.1 Å². The Hall–Kier alpha value is -3.62. The largest absolute Gasteiger partial charge is 0.493 e. The first-order valence-electron chi connectivity index (χ1n) is 9.92. The van der Waals surface area contributed by atoms with Crippen molar-refractivity contribution in [3.8, 4) is 17.2 Å². The standard InChI is InChI=1S/C23H24F2N2O5/c1-14-19(15(2)32-27-14)13-30-18-6-4-5-17(12-18)22(28)26-10-9-16-7-8-20(29-3)21(11-16)31-23(24)25/h4-8,11-12,23H,9-10,13H2,1-3H3,(H,26,28). The molecule has 0 aliphatic heterocycles. The van der Waals surface area contributed by atoms with Crippen LogP contribution in [-0.2, 0) is 13.0 Å². The van der Waals surface area contributed by atoms with Crippen LogP contribution in [0.15, 0.2) is 47.0 Å². The van der Waals surface area contributed by atoms with E-state index in [2.05, 4.69) is 15.2 Å². The quantitative estimate of drug-likeness (QED) is 0.495. The number of amides is 1. The number of aryl methyl sites for hydroxylation is 2. The van der Waals surface area contributed by atoms with E-state index in [4.69, 9.17) is 14.0 Å². The maximum absolute atomic E-state index is 12.6. The fourth-order valence-electron chi connectivity index (χ4n) is 3.08. The van der Waals surface area contributed by atoms with E-state index in [1.165, 1.54) is 13.2 Å². The number of hydrogen-bond donors (Lipinski definition) is 1. The minimum Gasteiger partial charge on any atom is -0.493 e. The summed E-state index contributed by atoms with van der Waals surface area (Å²) in [6.07, 6.45) is 0.428. The Labute approximate surface area is 184 Å². The third kappa shape index (κ3) is 5.96. The summed E-state index contributed by atoms with van der Waals surface area (Å²) < 4.78 is 45.5. The van der Waals surface area contributed by atoms with Gasteiger partial charge in [0, 0.05) is 12.1 Å². The number of carbonyl (C=O) groups excluding carboxylic acids is 1. The third-order valence-corrected chi connectivity index (χ3v) is 4.80. The van der Waals surface area contributed by atoms with Gasteiger partial charge in [-0.25, -0.2) is 0 Å². The van der Waals surface area contributed by atoms with Crippen LogP contribution in [0.25, 0.3) is 0 Å². The summed E-state index contributed by atoms with van der Waals surface area (Å²) in [6.45, 7) is 1.29. The van der Waals surface area contributed by atoms with Gasteiger partial charge in [0.2, 0.25) is 0 Å². The van der Waals surface area contributed by atoms with Crippen molar-refractivity contribution in [3.05, 3.63) is 70.6 Å². The molecule has 0 spiro atoms. The highest BCUT2D eigenvalue weighted by atomic mass is 19.3. The van der Waals surface area contributed by atoms with Crippen LogP contribution in [0.5, 0.6) is 17.2 Å². The molecule has 0 atom stereocenters. The molecule has 7 nitrogen and oxygen atoms in total. The van der Waals surface area contributed by atoms with E-state index in [0.717, 1.165) is 16.8 Å². The van der Waals surface area contributed by atoms with Gasteiger partial charge in [-0.15, -0.1) is 0 Å². The predicted molar refractivity (Wildman–Crippen MR) is 112 cm³/mol. The Morgan fingerprint density at radius 1 is 1.16 bits per heavy atom. The second-order valence-electron chi connectivity index (χ2n) is 6.99. The van der Waals surface area contributed by atoms with Gasteiger partial charge in [0.25, 0.3) is 5.91 Å². The average Bonchev–Trinajstić information content (AvgIpc) is 3.09. The molecule has 32 heavy (non-hydrogen) atoms. The summed E-state index contributed by atoms with van der Waals surface area (Å²) in [5.74, 6) is 1.13. The lowest BCUT2D eigenvalue weighted by molar-refractivity contribution is -0.0512. The van der Waals surface area contributed by atoms with Crippen LogP contribution >= 0.6 is 0 Å². The molecule has 1 amide bonds. The van der Waals surface area contributed by atoms with Crippen LogP contribution in [-0.4, -0.2) is 31.3 Å². The van der Waals surface area contributed by atoms with E-state index in [1.54, 1.807) is 36.4 Å². The van der Waals surface area contributed by atoms with Crippen LogP contribution in [0.3, 0.4) is 0 Å². The molecule has 3 rings (SSSR count). The Bertz CT molecular complexity index is 1050. The summed E-state index contributed by atoms with van der Waals surface area (Å²) in [7, 11) is 1.37. The van der Waals surface area contributed by atoms with Gasteiger partial charge in [-0.1, -0.05) is 17.3 Å². The lowest BCUT2D eigenvalue weighted by Crippen LogP contribution is -2.25. The Morgan fingerprint density at radius 3 is 2.66 bits per heavy atom. The molecule has 0 bridgehead atoms. The molecule has 3 aromatic rings. The third-order valence-electron chi connectivity index (χ3n) is 4.80. The number of nitrogens with zero attached hydrogens (tertiary/aromatic N) is 1. The Kier molecular flexibility index (Phi) is 7.64. The van der Waals surface area contributed by atoms with Crippen molar-refractivity contribution in [2.75, 3.05) is 13.7 Å². The molecule has 0 radical (unpaired) electrons. The second kappa shape index (κ2) is 10.6. The minimum absolute atomic E-state index is 0.0468. The number of ether oxygens (including phenoxy) is 3. The van der Waals surface area contributed by atoms with Crippen molar-refractivity contribution in [2.24, 2.45) is 0 Å². The molecular weight excluding hydrogens is 422 g/mol. The van der Waals surface area contributed by atoms with Gasteiger partial charge in [0.15, 0.2) is 11.5 Å². The van der Waals surface area contributed by atoms with Crippen LogP contribution in [0, 0.1) is 13.8 Å². The number of alkyl halides is 2. The topological polar surface area (TPSA) is 82.8 Å². The minimum atomic E-state index is -2.95. The van der Waals surface area contributed by atoms with E-state index >= 15 is 0 Å². The first-order valence-corrected chi connectivity index (χ1v) is 9.92. The normalized spacial score (nSPS) is 10.8. The van der Waals surface area contributed by atoms with Crippen molar-refractivity contribution in [3.63, 3.8) is 0 Å². The molecule has 1 heterocycles. The number of hydrogen-bond acceptors (Lipinski definition) is 6. The highest BCUT2D eigenvalue weighted by Gasteiger charge is 2.13. The lowest BCUT2D eigenvalue weighted by atomic mass is 10.1. The molecule has 0 saturated heterocycles. The van der Waals surface area contributed by atoms with Crippen LogP contribution in [0.4, 0.5) is 8.78 Å². The first kappa shape index (κ1) is 23.1. The van der Waals surface area contributed by atoms with Gasteiger partial charge in [0.05, 0.1) is 18.4 Å². The van der Waals surface area contributed by atoms with Crippen LogP contribution in [0.1, 0.15) is 32.9 Å². The molecule has 0 fully saturated rings. The van der Waals surface area contributed by atoms with E-state index in [-0.39, 0.29) is 24.0 Å². The lowest BCUT2D eigenvalue weighted by Gasteiger charge is -2.12. The van der Waals surface area contributed by atoms with Gasteiger partial charge in [-0.2, -0.15) is 8.78 Å². The Balaban J connectivity index is 1.56. The molecule has 170 valence electrons. The smallest absolute Gasteiger partial charge is 0.387 e.